The third kappa shape index (κ3) is 1.37. The molecule has 3 N–H and O–H groups in total. The summed E-state index contributed by atoms with van der Waals surface area (Å²) in [6.45, 7) is 0.908. The van der Waals surface area contributed by atoms with E-state index in [1.807, 2.05) is 0 Å². The first-order valence-electron chi connectivity index (χ1n) is 4.74. The van der Waals surface area contributed by atoms with E-state index in [1.54, 1.807) is 6.20 Å². The third-order valence-corrected chi connectivity index (χ3v) is 2.47. The van der Waals surface area contributed by atoms with Gasteiger partial charge in [-0.25, -0.2) is 4.98 Å². The Labute approximate surface area is 82.8 Å². The number of hydrogen-bond acceptors (Lipinski definition) is 4. The summed E-state index contributed by atoms with van der Waals surface area (Å²) >= 11 is 0. The van der Waals surface area contributed by atoms with Gasteiger partial charge in [0.15, 0.2) is 0 Å². The minimum absolute atomic E-state index is 0.320. The van der Waals surface area contributed by atoms with Crippen LogP contribution in [-0.4, -0.2) is 11.5 Å². The molecule has 4 nitrogen and oxygen atoms in total. The number of nitriles is 1. The number of anilines is 2. The first kappa shape index (κ1) is 8.82. The minimum Gasteiger partial charge on any atom is -0.384 e. The number of nitrogens with zero attached hydrogens (tertiary/aromatic N) is 2. The standard InChI is InChI=1S/C10H12N4/c11-5-8-9-7(6-14-10(8)12)3-1-2-4-13-9/h6,13H,1-4H2,(H2,12,14). The molecule has 0 radical (unpaired) electrons. The van der Waals surface area contributed by atoms with Gasteiger partial charge in [-0.2, -0.15) is 5.26 Å². The number of pyridine rings is 1. The van der Waals surface area contributed by atoms with Crippen molar-refractivity contribution in [3.63, 3.8) is 0 Å². The number of aryl methyl sites for hydroxylation is 1. The topological polar surface area (TPSA) is 74.7 Å². The molecule has 0 spiro atoms. The Hall–Kier alpha value is -1.76. The molecule has 1 aromatic heterocycles. The Balaban J connectivity index is 2.55. The average Bonchev–Trinajstić information content (AvgIpc) is 2.42. The summed E-state index contributed by atoms with van der Waals surface area (Å²) in [5, 5.41) is 12.2. The van der Waals surface area contributed by atoms with Crippen LogP contribution in [0.2, 0.25) is 0 Å². The van der Waals surface area contributed by atoms with Gasteiger partial charge in [-0.15, -0.1) is 0 Å². The molecule has 1 aliphatic rings. The van der Waals surface area contributed by atoms with E-state index >= 15 is 0 Å². The van der Waals surface area contributed by atoms with Crippen molar-refractivity contribution in [1.82, 2.24) is 4.98 Å². The van der Waals surface area contributed by atoms with Gasteiger partial charge in [0, 0.05) is 12.7 Å². The monoisotopic (exact) mass is 188 g/mol. The summed E-state index contributed by atoms with van der Waals surface area (Å²) in [4.78, 5) is 4.02. The molecule has 0 amide bonds. The number of fused-ring (bicyclic) bond motifs is 1. The van der Waals surface area contributed by atoms with E-state index in [0.29, 0.717) is 11.4 Å². The second-order valence-electron chi connectivity index (χ2n) is 3.41. The predicted molar refractivity (Wildman–Crippen MR) is 54.8 cm³/mol. The number of hydrogen-bond donors (Lipinski definition) is 2. The predicted octanol–water partition coefficient (Wildman–Crippen LogP) is 1.28. The Bertz CT molecular complexity index is 392. The molecule has 2 heterocycles. The van der Waals surface area contributed by atoms with Crippen LogP contribution in [0.4, 0.5) is 11.5 Å². The van der Waals surface area contributed by atoms with E-state index in [-0.39, 0.29) is 0 Å². The zero-order valence-electron chi connectivity index (χ0n) is 7.88. The van der Waals surface area contributed by atoms with Gasteiger partial charge in [0.2, 0.25) is 0 Å². The number of rotatable bonds is 0. The average molecular weight is 188 g/mol. The maximum Gasteiger partial charge on any atom is 0.143 e. The quantitative estimate of drug-likeness (QED) is 0.643. The van der Waals surface area contributed by atoms with Crippen molar-refractivity contribution in [1.29, 1.82) is 5.26 Å². The molecule has 0 atom stereocenters. The van der Waals surface area contributed by atoms with Gasteiger partial charge >= 0.3 is 0 Å². The fraction of sp³-hybridized carbons (Fsp3) is 0.400. The SMILES string of the molecule is N#Cc1c(N)ncc2c1NCCCC2. The molecular formula is C10H12N4. The van der Waals surface area contributed by atoms with Gasteiger partial charge in [0.05, 0.1) is 5.69 Å². The van der Waals surface area contributed by atoms with Gasteiger partial charge in [-0.3, -0.25) is 0 Å². The highest BCUT2D eigenvalue weighted by Gasteiger charge is 2.14. The van der Waals surface area contributed by atoms with Crippen molar-refractivity contribution in [2.75, 3.05) is 17.6 Å². The smallest absolute Gasteiger partial charge is 0.143 e. The highest BCUT2D eigenvalue weighted by Crippen LogP contribution is 2.27. The summed E-state index contributed by atoms with van der Waals surface area (Å²) in [5.41, 5.74) is 8.11. The largest absolute Gasteiger partial charge is 0.384 e. The molecule has 0 bridgehead atoms. The molecule has 1 aromatic rings. The summed E-state index contributed by atoms with van der Waals surface area (Å²) in [6, 6.07) is 2.10. The van der Waals surface area contributed by atoms with Crippen LogP contribution in [0.5, 0.6) is 0 Å². The van der Waals surface area contributed by atoms with Crippen LogP contribution in [-0.2, 0) is 6.42 Å². The molecule has 4 heteroatoms. The lowest BCUT2D eigenvalue weighted by Crippen LogP contribution is -2.05. The zero-order chi connectivity index (χ0) is 9.97. The molecule has 0 aromatic carbocycles. The highest BCUT2D eigenvalue weighted by molar-refractivity contribution is 5.69. The molecule has 0 saturated heterocycles. The molecule has 0 fully saturated rings. The van der Waals surface area contributed by atoms with E-state index in [2.05, 4.69) is 16.4 Å². The summed E-state index contributed by atoms with van der Waals surface area (Å²) < 4.78 is 0. The van der Waals surface area contributed by atoms with E-state index in [4.69, 9.17) is 11.0 Å². The lowest BCUT2D eigenvalue weighted by molar-refractivity contribution is 0.784. The Morgan fingerprint density at radius 3 is 3.14 bits per heavy atom. The van der Waals surface area contributed by atoms with Crippen molar-refractivity contribution < 1.29 is 0 Å². The summed E-state index contributed by atoms with van der Waals surface area (Å²) in [7, 11) is 0. The first-order valence-corrected chi connectivity index (χ1v) is 4.74. The highest BCUT2D eigenvalue weighted by atomic mass is 14.9. The molecule has 72 valence electrons. The van der Waals surface area contributed by atoms with E-state index < -0.39 is 0 Å². The van der Waals surface area contributed by atoms with Crippen molar-refractivity contribution in [2.24, 2.45) is 0 Å². The van der Waals surface area contributed by atoms with Crippen LogP contribution in [0.1, 0.15) is 24.0 Å². The van der Waals surface area contributed by atoms with Gasteiger partial charge in [0.1, 0.15) is 17.5 Å². The molecule has 0 aliphatic carbocycles. The molecule has 14 heavy (non-hydrogen) atoms. The van der Waals surface area contributed by atoms with Crippen molar-refractivity contribution in [3.05, 3.63) is 17.3 Å². The minimum atomic E-state index is 0.320. The first-order chi connectivity index (χ1) is 6.83. The van der Waals surface area contributed by atoms with Gasteiger partial charge in [-0.05, 0) is 24.8 Å². The van der Waals surface area contributed by atoms with E-state index in [9.17, 15) is 0 Å². The van der Waals surface area contributed by atoms with Crippen LogP contribution in [0.3, 0.4) is 0 Å². The Morgan fingerprint density at radius 1 is 1.50 bits per heavy atom. The number of nitrogens with one attached hydrogen (secondary N) is 1. The lowest BCUT2D eigenvalue weighted by atomic mass is 10.1. The normalized spacial score (nSPS) is 14.8. The Morgan fingerprint density at radius 2 is 2.36 bits per heavy atom. The maximum atomic E-state index is 8.96. The molecule has 0 unspecified atom stereocenters. The summed E-state index contributed by atoms with van der Waals surface area (Å²) in [5.74, 6) is 0.320. The molecule has 2 rings (SSSR count). The molecule has 0 saturated carbocycles. The lowest BCUT2D eigenvalue weighted by Gasteiger charge is -2.09. The third-order valence-electron chi connectivity index (χ3n) is 2.47. The second kappa shape index (κ2) is 3.54. The van der Waals surface area contributed by atoms with Crippen molar-refractivity contribution in [2.45, 2.75) is 19.3 Å². The van der Waals surface area contributed by atoms with E-state index in [0.717, 1.165) is 37.1 Å². The van der Waals surface area contributed by atoms with Crippen LogP contribution in [0, 0.1) is 11.3 Å². The maximum absolute atomic E-state index is 8.96. The molecular weight excluding hydrogens is 176 g/mol. The van der Waals surface area contributed by atoms with Crippen LogP contribution in [0.15, 0.2) is 6.20 Å². The van der Waals surface area contributed by atoms with Crippen LogP contribution in [0.25, 0.3) is 0 Å². The number of aromatic nitrogens is 1. The fourth-order valence-electron chi connectivity index (χ4n) is 1.72. The number of nitrogen functional groups attached to an aromatic ring is 1. The summed E-state index contributed by atoms with van der Waals surface area (Å²) in [6.07, 6.45) is 5.00. The Kier molecular flexibility index (Phi) is 2.23. The van der Waals surface area contributed by atoms with Crippen LogP contribution >= 0.6 is 0 Å². The molecule has 1 aliphatic heterocycles. The fourth-order valence-corrected chi connectivity index (χ4v) is 1.72. The van der Waals surface area contributed by atoms with Crippen molar-refractivity contribution in [3.8, 4) is 6.07 Å². The van der Waals surface area contributed by atoms with E-state index in [1.165, 1.54) is 0 Å². The van der Waals surface area contributed by atoms with Crippen molar-refractivity contribution >= 4 is 11.5 Å². The second-order valence-corrected chi connectivity index (χ2v) is 3.41. The van der Waals surface area contributed by atoms with Gasteiger partial charge in [0.25, 0.3) is 0 Å². The van der Waals surface area contributed by atoms with Gasteiger partial charge < -0.3 is 11.1 Å². The van der Waals surface area contributed by atoms with Crippen LogP contribution < -0.4 is 11.1 Å². The zero-order valence-corrected chi connectivity index (χ0v) is 7.88. The van der Waals surface area contributed by atoms with Gasteiger partial charge in [-0.1, -0.05) is 0 Å². The number of nitrogens with two attached hydrogens (primary N) is 1.